The predicted molar refractivity (Wildman–Crippen MR) is 117 cm³/mol. The average Bonchev–Trinajstić information content (AvgIpc) is 2.98. The van der Waals surface area contributed by atoms with E-state index in [1.165, 1.54) is 4.90 Å². The molecule has 0 bridgehead atoms. The van der Waals surface area contributed by atoms with Crippen molar-refractivity contribution in [3.63, 3.8) is 0 Å². The number of carbonyl (C=O) groups excluding carboxylic acids is 2. The summed E-state index contributed by atoms with van der Waals surface area (Å²) in [6.07, 6.45) is 0.702. The number of aliphatic hydroxyl groups excluding tert-OH is 1. The van der Waals surface area contributed by atoms with Gasteiger partial charge < -0.3 is 19.6 Å². The van der Waals surface area contributed by atoms with E-state index in [-0.39, 0.29) is 11.3 Å². The molecule has 1 unspecified atom stereocenters. The molecule has 1 amide bonds. The van der Waals surface area contributed by atoms with E-state index in [9.17, 15) is 14.7 Å². The highest BCUT2D eigenvalue weighted by molar-refractivity contribution is 6.46. The van der Waals surface area contributed by atoms with Crippen LogP contribution in [0.5, 0.6) is 5.75 Å². The minimum atomic E-state index is -0.687. The van der Waals surface area contributed by atoms with Crippen molar-refractivity contribution in [2.75, 3.05) is 34.3 Å². The lowest BCUT2D eigenvalue weighted by Crippen LogP contribution is -2.32. The van der Waals surface area contributed by atoms with Gasteiger partial charge in [-0.2, -0.15) is 0 Å². The summed E-state index contributed by atoms with van der Waals surface area (Å²) in [5, 5.41) is 11.5. The lowest BCUT2D eigenvalue weighted by Gasteiger charge is -2.26. The maximum atomic E-state index is 12.9. The number of hydrogen-bond donors (Lipinski definition) is 1. The number of methoxy groups -OCH3 is 1. The molecule has 1 aliphatic rings. The topological polar surface area (TPSA) is 70.1 Å². The summed E-state index contributed by atoms with van der Waals surface area (Å²) in [6.45, 7) is 1.17. The number of benzene rings is 2. The summed E-state index contributed by atoms with van der Waals surface area (Å²) in [4.78, 5) is 29.3. The predicted octanol–water partition coefficient (Wildman–Crippen LogP) is 3.72. The molecular weight excluding hydrogens is 404 g/mol. The molecule has 1 atom stereocenters. The molecule has 6 nitrogen and oxygen atoms in total. The maximum Gasteiger partial charge on any atom is 0.295 e. The van der Waals surface area contributed by atoms with E-state index in [4.69, 9.17) is 16.3 Å². The molecule has 0 spiro atoms. The van der Waals surface area contributed by atoms with Crippen LogP contribution in [0.15, 0.2) is 54.1 Å². The number of carbonyl (C=O) groups is 2. The van der Waals surface area contributed by atoms with Gasteiger partial charge in [-0.15, -0.1) is 0 Å². The highest BCUT2D eigenvalue weighted by Crippen LogP contribution is 2.40. The molecule has 1 fully saturated rings. The van der Waals surface area contributed by atoms with Gasteiger partial charge in [-0.3, -0.25) is 9.59 Å². The first kappa shape index (κ1) is 21.9. The third-order valence-electron chi connectivity index (χ3n) is 5.09. The standard InChI is InChI=1S/C23H25ClN2O4/c1-25(2)13-4-14-26-20(15-7-11-18(30-3)12-8-15)19(22(28)23(26)29)21(27)16-5-9-17(24)10-6-16/h5-12,20,27H,4,13-14H2,1-3H3/b21-19-. The molecular formula is C23H25ClN2O4. The van der Waals surface area contributed by atoms with Gasteiger partial charge in [0.15, 0.2) is 0 Å². The van der Waals surface area contributed by atoms with Gasteiger partial charge in [-0.1, -0.05) is 23.7 Å². The maximum absolute atomic E-state index is 12.9. The van der Waals surface area contributed by atoms with Crippen LogP contribution >= 0.6 is 11.6 Å². The van der Waals surface area contributed by atoms with Crippen LogP contribution in [0.4, 0.5) is 0 Å². The number of amides is 1. The van der Waals surface area contributed by atoms with Gasteiger partial charge in [0.05, 0.1) is 18.7 Å². The number of nitrogens with zero attached hydrogens (tertiary/aromatic N) is 2. The van der Waals surface area contributed by atoms with E-state index in [0.29, 0.717) is 29.3 Å². The van der Waals surface area contributed by atoms with E-state index in [1.807, 2.05) is 31.1 Å². The summed E-state index contributed by atoms with van der Waals surface area (Å²) >= 11 is 5.94. The van der Waals surface area contributed by atoms with Crippen molar-refractivity contribution in [1.82, 2.24) is 9.80 Å². The van der Waals surface area contributed by atoms with Crippen molar-refractivity contribution in [1.29, 1.82) is 0 Å². The highest BCUT2D eigenvalue weighted by atomic mass is 35.5. The van der Waals surface area contributed by atoms with Gasteiger partial charge in [0.1, 0.15) is 11.5 Å². The van der Waals surface area contributed by atoms with Crippen LogP contribution in [0.3, 0.4) is 0 Å². The number of ketones is 1. The minimum absolute atomic E-state index is 0.0809. The Bertz CT molecular complexity index is 952. The highest BCUT2D eigenvalue weighted by Gasteiger charge is 2.45. The SMILES string of the molecule is COc1ccc(C2/C(=C(/O)c3ccc(Cl)cc3)C(=O)C(=O)N2CCCN(C)C)cc1. The lowest BCUT2D eigenvalue weighted by atomic mass is 9.95. The molecule has 1 saturated heterocycles. The average molecular weight is 429 g/mol. The number of rotatable bonds is 7. The number of aliphatic hydroxyl groups is 1. The van der Waals surface area contributed by atoms with Crippen LogP contribution in [0.1, 0.15) is 23.6 Å². The van der Waals surface area contributed by atoms with Crippen molar-refractivity contribution in [3.05, 3.63) is 70.3 Å². The van der Waals surface area contributed by atoms with E-state index < -0.39 is 17.7 Å². The largest absolute Gasteiger partial charge is 0.507 e. The van der Waals surface area contributed by atoms with Crippen LogP contribution in [-0.2, 0) is 9.59 Å². The van der Waals surface area contributed by atoms with E-state index in [0.717, 1.165) is 12.1 Å². The van der Waals surface area contributed by atoms with Crippen molar-refractivity contribution in [2.24, 2.45) is 0 Å². The number of ether oxygens (including phenoxy) is 1. The monoisotopic (exact) mass is 428 g/mol. The Morgan fingerprint density at radius 2 is 1.73 bits per heavy atom. The quantitative estimate of drug-likeness (QED) is 0.413. The summed E-state index contributed by atoms with van der Waals surface area (Å²) in [5.41, 5.74) is 1.25. The zero-order valence-corrected chi connectivity index (χ0v) is 18.0. The van der Waals surface area contributed by atoms with Crippen LogP contribution in [0.25, 0.3) is 5.76 Å². The molecule has 1 aliphatic heterocycles. The molecule has 1 N–H and O–H groups in total. The molecule has 2 aromatic carbocycles. The molecule has 7 heteroatoms. The summed E-state index contributed by atoms with van der Waals surface area (Å²) < 4.78 is 5.22. The number of likely N-dealkylation sites (tertiary alicyclic amines) is 1. The van der Waals surface area contributed by atoms with Crippen LogP contribution < -0.4 is 4.74 Å². The first-order valence-corrected chi connectivity index (χ1v) is 10.0. The van der Waals surface area contributed by atoms with Crippen LogP contribution in [-0.4, -0.2) is 60.9 Å². The second kappa shape index (κ2) is 9.32. The molecule has 0 aromatic heterocycles. The van der Waals surface area contributed by atoms with Gasteiger partial charge in [0, 0.05) is 17.1 Å². The zero-order valence-electron chi connectivity index (χ0n) is 17.3. The fraction of sp³-hybridized carbons (Fsp3) is 0.304. The van der Waals surface area contributed by atoms with Crippen LogP contribution in [0.2, 0.25) is 5.02 Å². The second-order valence-corrected chi connectivity index (χ2v) is 7.87. The Morgan fingerprint density at radius 1 is 1.10 bits per heavy atom. The van der Waals surface area contributed by atoms with E-state index >= 15 is 0 Å². The number of Topliss-reactive ketones (excluding diaryl/α,β-unsaturated/α-hetero) is 1. The first-order valence-electron chi connectivity index (χ1n) is 9.66. The fourth-order valence-corrected chi connectivity index (χ4v) is 3.69. The molecule has 2 aromatic rings. The van der Waals surface area contributed by atoms with Gasteiger partial charge >= 0.3 is 0 Å². The van der Waals surface area contributed by atoms with Crippen molar-refractivity contribution >= 4 is 29.1 Å². The fourth-order valence-electron chi connectivity index (χ4n) is 3.56. The van der Waals surface area contributed by atoms with Gasteiger partial charge in [0.2, 0.25) is 0 Å². The Kier molecular flexibility index (Phi) is 6.80. The Balaban J connectivity index is 2.07. The Hall–Kier alpha value is -2.83. The van der Waals surface area contributed by atoms with Gasteiger partial charge in [-0.05, 0) is 69.0 Å². The molecule has 3 rings (SSSR count). The van der Waals surface area contributed by atoms with E-state index in [2.05, 4.69) is 0 Å². The molecule has 1 heterocycles. The molecule has 0 radical (unpaired) electrons. The third kappa shape index (κ3) is 4.50. The third-order valence-corrected chi connectivity index (χ3v) is 5.35. The Labute approximate surface area is 181 Å². The van der Waals surface area contributed by atoms with Crippen molar-refractivity contribution < 1.29 is 19.4 Å². The summed E-state index contributed by atoms with van der Waals surface area (Å²) in [7, 11) is 5.48. The van der Waals surface area contributed by atoms with E-state index in [1.54, 1.807) is 43.5 Å². The summed E-state index contributed by atoms with van der Waals surface area (Å²) in [6, 6.07) is 13.0. The van der Waals surface area contributed by atoms with Gasteiger partial charge in [0.25, 0.3) is 11.7 Å². The lowest BCUT2D eigenvalue weighted by molar-refractivity contribution is -0.139. The van der Waals surface area contributed by atoms with Crippen molar-refractivity contribution in [3.8, 4) is 5.75 Å². The second-order valence-electron chi connectivity index (χ2n) is 7.43. The van der Waals surface area contributed by atoms with Gasteiger partial charge in [-0.25, -0.2) is 0 Å². The molecule has 158 valence electrons. The minimum Gasteiger partial charge on any atom is -0.507 e. The number of hydrogen-bond acceptors (Lipinski definition) is 5. The smallest absolute Gasteiger partial charge is 0.295 e. The molecule has 0 aliphatic carbocycles. The Morgan fingerprint density at radius 3 is 2.30 bits per heavy atom. The first-order chi connectivity index (χ1) is 14.3. The molecule has 0 saturated carbocycles. The summed E-state index contributed by atoms with van der Waals surface area (Å²) in [5.74, 6) is -0.833. The zero-order chi connectivity index (χ0) is 21.8. The number of halogens is 1. The normalized spacial score (nSPS) is 18.3. The molecule has 30 heavy (non-hydrogen) atoms. The van der Waals surface area contributed by atoms with Crippen LogP contribution in [0, 0.1) is 0 Å². The van der Waals surface area contributed by atoms with Crippen molar-refractivity contribution in [2.45, 2.75) is 12.5 Å².